The first-order valence-corrected chi connectivity index (χ1v) is 6.04. The summed E-state index contributed by atoms with van der Waals surface area (Å²) in [7, 11) is 0. The predicted molar refractivity (Wildman–Crippen MR) is 56.3 cm³/mol. The van der Waals surface area contributed by atoms with Crippen LogP contribution in [-0.2, 0) is 4.74 Å². The number of β-amino-alcohol motifs (C(OH)–C–C–N with tert-alkyl or cyclic N) is 1. The van der Waals surface area contributed by atoms with Crippen LogP contribution in [0.4, 0.5) is 0 Å². The molecule has 3 nitrogen and oxygen atoms in total. The first-order valence-electron chi connectivity index (χ1n) is 4.89. The second-order valence-corrected chi connectivity index (χ2v) is 4.55. The van der Waals surface area contributed by atoms with E-state index in [9.17, 15) is 5.11 Å². The fraction of sp³-hybridized carbons (Fsp3) is 1.00. The Morgan fingerprint density at radius 1 is 1.46 bits per heavy atom. The highest BCUT2D eigenvalue weighted by Gasteiger charge is 2.14. The molecule has 13 heavy (non-hydrogen) atoms. The third kappa shape index (κ3) is 4.86. The molecule has 4 heteroatoms. The van der Waals surface area contributed by atoms with E-state index in [2.05, 4.69) is 11.8 Å². The van der Waals surface area contributed by atoms with Gasteiger partial charge in [-0.3, -0.25) is 4.90 Å². The van der Waals surface area contributed by atoms with Gasteiger partial charge in [-0.2, -0.15) is 11.8 Å². The van der Waals surface area contributed by atoms with Gasteiger partial charge in [0.25, 0.3) is 0 Å². The quantitative estimate of drug-likeness (QED) is 0.705. The van der Waals surface area contributed by atoms with E-state index >= 15 is 0 Å². The van der Waals surface area contributed by atoms with Crippen LogP contribution in [0.2, 0.25) is 0 Å². The van der Waals surface area contributed by atoms with E-state index in [4.69, 9.17) is 4.74 Å². The smallest absolute Gasteiger partial charge is 0.0757 e. The summed E-state index contributed by atoms with van der Waals surface area (Å²) in [6, 6.07) is 0. The van der Waals surface area contributed by atoms with Gasteiger partial charge in [-0.1, -0.05) is 6.92 Å². The van der Waals surface area contributed by atoms with Crippen LogP contribution < -0.4 is 0 Å². The number of hydrogen-bond acceptors (Lipinski definition) is 4. The summed E-state index contributed by atoms with van der Waals surface area (Å²) >= 11 is 1.80. The maximum absolute atomic E-state index is 9.63. The fourth-order valence-corrected chi connectivity index (χ4v) is 2.00. The van der Waals surface area contributed by atoms with Crippen molar-refractivity contribution in [2.75, 3.05) is 44.4 Å². The van der Waals surface area contributed by atoms with E-state index in [1.807, 2.05) is 0 Å². The lowest BCUT2D eigenvalue weighted by Gasteiger charge is -2.28. The Morgan fingerprint density at radius 2 is 2.15 bits per heavy atom. The third-order valence-electron chi connectivity index (χ3n) is 2.09. The molecule has 1 fully saturated rings. The lowest BCUT2D eigenvalue weighted by atomic mass is 10.3. The molecule has 1 rings (SSSR count). The maximum Gasteiger partial charge on any atom is 0.0757 e. The van der Waals surface area contributed by atoms with Crippen molar-refractivity contribution in [2.45, 2.75) is 13.0 Å². The topological polar surface area (TPSA) is 32.7 Å². The van der Waals surface area contributed by atoms with Crippen LogP contribution in [0.25, 0.3) is 0 Å². The SMILES string of the molecule is CCSCC(O)CN1CCOCC1. The molecule has 1 saturated heterocycles. The second-order valence-electron chi connectivity index (χ2n) is 3.23. The van der Waals surface area contributed by atoms with Crippen LogP contribution in [0.15, 0.2) is 0 Å². The highest BCUT2D eigenvalue weighted by Crippen LogP contribution is 2.05. The number of nitrogens with zero attached hydrogens (tertiary/aromatic N) is 1. The van der Waals surface area contributed by atoms with Crippen LogP contribution in [0.1, 0.15) is 6.92 Å². The minimum Gasteiger partial charge on any atom is -0.391 e. The summed E-state index contributed by atoms with van der Waals surface area (Å²) < 4.78 is 5.23. The van der Waals surface area contributed by atoms with E-state index in [0.717, 1.165) is 44.4 Å². The van der Waals surface area contributed by atoms with Crippen molar-refractivity contribution >= 4 is 11.8 Å². The minimum absolute atomic E-state index is 0.178. The summed E-state index contributed by atoms with van der Waals surface area (Å²) in [5, 5.41) is 9.63. The highest BCUT2D eigenvalue weighted by atomic mass is 32.2. The maximum atomic E-state index is 9.63. The molecule has 0 aliphatic carbocycles. The fourth-order valence-electron chi connectivity index (χ4n) is 1.39. The van der Waals surface area contributed by atoms with Crippen molar-refractivity contribution in [3.63, 3.8) is 0 Å². The van der Waals surface area contributed by atoms with Gasteiger partial charge in [0.15, 0.2) is 0 Å². The number of rotatable bonds is 5. The van der Waals surface area contributed by atoms with Crippen molar-refractivity contribution in [1.82, 2.24) is 4.90 Å². The molecule has 78 valence electrons. The molecule has 1 aliphatic heterocycles. The van der Waals surface area contributed by atoms with Gasteiger partial charge >= 0.3 is 0 Å². The first kappa shape index (κ1) is 11.3. The monoisotopic (exact) mass is 205 g/mol. The minimum atomic E-state index is -0.178. The molecule has 1 aliphatic rings. The third-order valence-corrected chi connectivity index (χ3v) is 3.12. The summed E-state index contributed by atoms with van der Waals surface area (Å²) in [5.74, 6) is 1.94. The predicted octanol–water partition coefficient (Wildman–Crippen LogP) is 0.433. The van der Waals surface area contributed by atoms with Crippen molar-refractivity contribution in [2.24, 2.45) is 0 Å². The first-order chi connectivity index (χ1) is 6.33. The number of thioether (sulfide) groups is 1. The van der Waals surface area contributed by atoms with Crippen molar-refractivity contribution in [3.8, 4) is 0 Å². The Morgan fingerprint density at radius 3 is 2.77 bits per heavy atom. The van der Waals surface area contributed by atoms with E-state index in [0.29, 0.717) is 0 Å². The van der Waals surface area contributed by atoms with Gasteiger partial charge in [-0.15, -0.1) is 0 Å². The molecule has 0 bridgehead atoms. The van der Waals surface area contributed by atoms with E-state index in [1.54, 1.807) is 11.8 Å². The zero-order valence-corrected chi connectivity index (χ0v) is 9.05. The van der Waals surface area contributed by atoms with Gasteiger partial charge in [0.2, 0.25) is 0 Å². The molecular weight excluding hydrogens is 186 g/mol. The molecule has 0 aromatic rings. The molecule has 0 radical (unpaired) electrons. The summed E-state index contributed by atoms with van der Waals surface area (Å²) in [4.78, 5) is 2.27. The van der Waals surface area contributed by atoms with Crippen molar-refractivity contribution in [1.29, 1.82) is 0 Å². The molecule has 1 heterocycles. The Hall–Kier alpha value is 0.230. The lowest BCUT2D eigenvalue weighted by molar-refractivity contribution is 0.0188. The van der Waals surface area contributed by atoms with E-state index < -0.39 is 0 Å². The zero-order chi connectivity index (χ0) is 9.52. The molecule has 0 aromatic carbocycles. The van der Waals surface area contributed by atoms with Gasteiger partial charge in [0.1, 0.15) is 0 Å². The summed E-state index contributed by atoms with van der Waals surface area (Å²) in [6.07, 6.45) is -0.178. The molecular formula is C9H19NO2S. The van der Waals surface area contributed by atoms with Gasteiger partial charge in [0.05, 0.1) is 19.3 Å². The zero-order valence-electron chi connectivity index (χ0n) is 8.24. The normalized spacial score (nSPS) is 21.7. The Bertz CT molecular complexity index is 129. The Labute approximate surface area is 84.4 Å². The molecule has 0 aromatic heterocycles. The number of morpholine rings is 1. The number of hydrogen-bond donors (Lipinski definition) is 1. The van der Waals surface area contributed by atoms with E-state index in [1.165, 1.54) is 0 Å². The van der Waals surface area contributed by atoms with Crippen LogP contribution in [0.5, 0.6) is 0 Å². The highest BCUT2D eigenvalue weighted by molar-refractivity contribution is 7.99. The Kier molecular flexibility index (Phi) is 5.78. The number of aliphatic hydroxyl groups is 1. The molecule has 0 saturated carbocycles. The van der Waals surface area contributed by atoms with Crippen LogP contribution >= 0.6 is 11.8 Å². The number of ether oxygens (including phenoxy) is 1. The van der Waals surface area contributed by atoms with Crippen LogP contribution in [-0.4, -0.2) is 60.5 Å². The van der Waals surface area contributed by atoms with Gasteiger partial charge in [-0.25, -0.2) is 0 Å². The van der Waals surface area contributed by atoms with E-state index in [-0.39, 0.29) is 6.10 Å². The van der Waals surface area contributed by atoms with Crippen molar-refractivity contribution < 1.29 is 9.84 Å². The molecule has 1 N–H and O–H groups in total. The molecule has 0 spiro atoms. The average Bonchev–Trinajstić information content (AvgIpc) is 2.16. The molecule has 0 amide bonds. The number of aliphatic hydroxyl groups excluding tert-OH is 1. The summed E-state index contributed by atoms with van der Waals surface area (Å²) in [6.45, 7) is 6.48. The van der Waals surface area contributed by atoms with Gasteiger partial charge < -0.3 is 9.84 Å². The standard InChI is InChI=1S/C9H19NO2S/c1-2-13-8-9(11)7-10-3-5-12-6-4-10/h9,11H,2-8H2,1H3. The average molecular weight is 205 g/mol. The van der Waals surface area contributed by atoms with Crippen molar-refractivity contribution in [3.05, 3.63) is 0 Å². The van der Waals surface area contributed by atoms with Gasteiger partial charge in [0, 0.05) is 25.4 Å². The largest absolute Gasteiger partial charge is 0.391 e. The molecule has 1 atom stereocenters. The lowest BCUT2D eigenvalue weighted by Crippen LogP contribution is -2.41. The molecule has 1 unspecified atom stereocenters. The van der Waals surface area contributed by atoms with Crippen LogP contribution in [0.3, 0.4) is 0 Å². The van der Waals surface area contributed by atoms with Gasteiger partial charge in [-0.05, 0) is 5.75 Å². The second kappa shape index (κ2) is 6.65. The Balaban J connectivity index is 2.07. The summed E-state index contributed by atoms with van der Waals surface area (Å²) in [5.41, 5.74) is 0. The van der Waals surface area contributed by atoms with Crippen LogP contribution in [0, 0.1) is 0 Å².